The number of carbonyl (C=O) groups is 1. The zero-order valence-corrected chi connectivity index (χ0v) is 11.8. The molecule has 0 bridgehead atoms. The van der Waals surface area contributed by atoms with Gasteiger partial charge < -0.3 is 15.2 Å². The topological polar surface area (TPSA) is 58.6 Å². The molecule has 0 saturated carbocycles. The molecule has 0 radical (unpaired) electrons. The van der Waals surface area contributed by atoms with E-state index < -0.39 is 6.10 Å². The summed E-state index contributed by atoms with van der Waals surface area (Å²) in [5.74, 6) is 0.988. The zero-order valence-electron chi connectivity index (χ0n) is 11.8. The van der Waals surface area contributed by atoms with Crippen LogP contribution in [0.5, 0.6) is 5.75 Å². The minimum atomic E-state index is -0.494. The fourth-order valence-corrected chi connectivity index (χ4v) is 1.81. The van der Waals surface area contributed by atoms with Gasteiger partial charge in [-0.15, -0.1) is 0 Å². The van der Waals surface area contributed by atoms with Crippen LogP contribution < -0.4 is 10.1 Å². The lowest BCUT2D eigenvalue weighted by Gasteiger charge is -2.14. The third kappa shape index (κ3) is 5.75. The van der Waals surface area contributed by atoms with Gasteiger partial charge in [0.15, 0.2) is 0 Å². The van der Waals surface area contributed by atoms with Crippen LogP contribution in [0.25, 0.3) is 0 Å². The number of hydrogen-bond donors (Lipinski definition) is 2. The first-order valence-electron chi connectivity index (χ1n) is 6.72. The molecule has 19 heavy (non-hydrogen) atoms. The first-order chi connectivity index (χ1) is 9.02. The van der Waals surface area contributed by atoms with Crippen LogP contribution in [0.3, 0.4) is 0 Å². The molecule has 1 aromatic carbocycles. The van der Waals surface area contributed by atoms with Gasteiger partial charge in [0.1, 0.15) is 5.75 Å². The van der Waals surface area contributed by atoms with Crippen molar-refractivity contribution in [2.24, 2.45) is 5.92 Å². The molecule has 1 unspecified atom stereocenters. The Hall–Kier alpha value is -1.55. The molecular formula is C15H23NO3. The van der Waals surface area contributed by atoms with E-state index in [0.717, 1.165) is 5.75 Å². The monoisotopic (exact) mass is 265 g/mol. The smallest absolute Gasteiger partial charge is 0.251 e. The van der Waals surface area contributed by atoms with Crippen LogP contribution in [0.2, 0.25) is 0 Å². The van der Waals surface area contributed by atoms with Gasteiger partial charge in [-0.3, -0.25) is 4.79 Å². The largest absolute Gasteiger partial charge is 0.494 e. The number of amides is 1. The van der Waals surface area contributed by atoms with Crippen molar-refractivity contribution in [1.82, 2.24) is 5.32 Å². The first-order valence-corrected chi connectivity index (χ1v) is 6.72. The predicted octanol–water partition coefficient (Wildman–Crippen LogP) is 2.22. The van der Waals surface area contributed by atoms with E-state index in [1.165, 1.54) is 0 Å². The molecule has 0 aromatic heterocycles. The number of nitrogens with one attached hydrogen (secondary N) is 1. The molecule has 1 rings (SSSR count). The summed E-state index contributed by atoms with van der Waals surface area (Å²) < 4.78 is 5.31. The summed E-state index contributed by atoms with van der Waals surface area (Å²) in [5.41, 5.74) is 0.570. The van der Waals surface area contributed by atoms with E-state index in [2.05, 4.69) is 5.32 Å². The molecular weight excluding hydrogens is 242 g/mol. The van der Waals surface area contributed by atoms with E-state index in [1.54, 1.807) is 24.3 Å². The highest BCUT2D eigenvalue weighted by atomic mass is 16.5. The average Bonchev–Trinajstić information content (AvgIpc) is 2.36. The maximum Gasteiger partial charge on any atom is 0.251 e. The highest BCUT2D eigenvalue weighted by Crippen LogP contribution is 2.12. The number of ether oxygens (including phenoxy) is 1. The van der Waals surface area contributed by atoms with Crippen molar-refractivity contribution in [3.05, 3.63) is 29.8 Å². The molecule has 0 spiro atoms. The molecule has 2 N–H and O–H groups in total. The summed E-state index contributed by atoms with van der Waals surface area (Å²) in [6, 6.07) is 6.97. The van der Waals surface area contributed by atoms with Gasteiger partial charge in [0, 0.05) is 12.1 Å². The maximum absolute atomic E-state index is 11.8. The van der Waals surface area contributed by atoms with Crippen molar-refractivity contribution in [1.29, 1.82) is 0 Å². The highest BCUT2D eigenvalue weighted by molar-refractivity contribution is 5.94. The Morgan fingerprint density at radius 3 is 2.47 bits per heavy atom. The second-order valence-electron chi connectivity index (χ2n) is 4.95. The van der Waals surface area contributed by atoms with Crippen LogP contribution >= 0.6 is 0 Å². The summed E-state index contributed by atoms with van der Waals surface area (Å²) in [6.45, 7) is 6.88. The van der Waals surface area contributed by atoms with E-state index in [9.17, 15) is 9.90 Å². The van der Waals surface area contributed by atoms with Gasteiger partial charge in [-0.2, -0.15) is 0 Å². The lowest BCUT2D eigenvalue weighted by atomic mass is 10.1. The van der Waals surface area contributed by atoms with Gasteiger partial charge >= 0.3 is 0 Å². The molecule has 4 heteroatoms. The quantitative estimate of drug-likeness (QED) is 0.794. The van der Waals surface area contributed by atoms with Crippen molar-refractivity contribution in [2.75, 3.05) is 13.2 Å². The SMILES string of the molecule is CCOc1ccc(C(=O)NCC(O)CC(C)C)cc1. The number of hydrogen-bond acceptors (Lipinski definition) is 3. The Bertz CT molecular complexity index is 387. The summed E-state index contributed by atoms with van der Waals surface area (Å²) in [4.78, 5) is 11.8. The van der Waals surface area contributed by atoms with Crippen LogP contribution in [-0.4, -0.2) is 30.3 Å². The van der Waals surface area contributed by atoms with Gasteiger partial charge in [0.25, 0.3) is 5.91 Å². The molecule has 0 fully saturated rings. The minimum Gasteiger partial charge on any atom is -0.494 e. The Morgan fingerprint density at radius 1 is 1.32 bits per heavy atom. The number of carbonyl (C=O) groups excluding carboxylic acids is 1. The zero-order chi connectivity index (χ0) is 14.3. The summed E-state index contributed by atoms with van der Waals surface area (Å²) in [6.07, 6.45) is 0.190. The summed E-state index contributed by atoms with van der Waals surface area (Å²) in [7, 11) is 0. The lowest BCUT2D eigenvalue weighted by Crippen LogP contribution is -2.32. The van der Waals surface area contributed by atoms with Crippen molar-refractivity contribution in [3.8, 4) is 5.75 Å². The van der Waals surface area contributed by atoms with Crippen molar-refractivity contribution < 1.29 is 14.6 Å². The second-order valence-corrected chi connectivity index (χ2v) is 4.95. The van der Waals surface area contributed by atoms with Crippen molar-refractivity contribution in [2.45, 2.75) is 33.3 Å². The predicted molar refractivity (Wildman–Crippen MR) is 75.4 cm³/mol. The number of rotatable bonds is 7. The fraction of sp³-hybridized carbons (Fsp3) is 0.533. The standard InChI is InChI=1S/C15H23NO3/c1-4-19-14-7-5-12(6-8-14)15(18)16-10-13(17)9-11(2)3/h5-8,11,13,17H,4,9-10H2,1-3H3,(H,16,18). The molecule has 4 nitrogen and oxygen atoms in total. The van der Waals surface area contributed by atoms with Gasteiger partial charge in [-0.05, 0) is 43.5 Å². The summed E-state index contributed by atoms with van der Waals surface area (Å²) in [5, 5.41) is 12.4. The van der Waals surface area contributed by atoms with Crippen molar-refractivity contribution in [3.63, 3.8) is 0 Å². The Balaban J connectivity index is 2.44. The normalized spacial score (nSPS) is 12.3. The van der Waals surface area contributed by atoms with Gasteiger partial charge in [-0.25, -0.2) is 0 Å². The minimum absolute atomic E-state index is 0.175. The van der Waals surface area contributed by atoms with Crippen LogP contribution in [-0.2, 0) is 0 Å². The first kappa shape index (κ1) is 15.5. The van der Waals surface area contributed by atoms with E-state index in [1.807, 2.05) is 20.8 Å². The van der Waals surface area contributed by atoms with Gasteiger partial charge in [-0.1, -0.05) is 13.8 Å². The van der Waals surface area contributed by atoms with Gasteiger partial charge in [0.2, 0.25) is 0 Å². The van der Waals surface area contributed by atoms with E-state index in [4.69, 9.17) is 4.74 Å². The Kier molecular flexibility index (Phi) is 6.36. The molecule has 0 aliphatic heterocycles. The summed E-state index contributed by atoms with van der Waals surface area (Å²) >= 11 is 0. The van der Waals surface area contributed by atoms with Crippen LogP contribution in [0.1, 0.15) is 37.6 Å². The van der Waals surface area contributed by atoms with Crippen LogP contribution in [0.4, 0.5) is 0 Å². The van der Waals surface area contributed by atoms with E-state index in [0.29, 0.717) is 24.5 Å². The molecule has 0 aliphatic carbocycles. The molecule has 0 saturated heterocycles. The lowest BCUT2D eigenvalue weighted by molar-refractivity contribution is 0.0900. The van der Waals surface area contributed by atoms with Crippen LogP contribution in [0.15, 0.2) is 24.3 Å². The van der Waals surface area contributed by atoms with Gasteiger partial charge in [0.05, 0.1) is 12.7 Å². The fourth-order valence-electron chi connectivity index (χ4n) is 1.81. The maximum atomic E-state index is 11.8. The number of benzene rings is 1. The van der Waals surface area contributed by atoms with E-state index in [-0.39, 0.29) is 12.5 Å². The van der Waals surface area contributed by atoms with Crippen molar-refractivity contribution >= 4 is 5.91 Å². The molecule has 1 atom stereocenters. The second kappa shape index (κ2) is 7.79. The average molecular weight is 265 g/mol. The Labute approximate surface area is 114 Å². The molecule has 106 valence electrons. The molecule has 1 amide bonds. The van der Waals surface area contributed by atoms with Crippen LogP contribution in [0, 0.1) is 5.92 Å². The molecule has 0 aliphatic rings. The van der Waals surface area contributed by atoms with E-state index >= 15 is 0 Å². The highest BCUT2D eigenvalue weighted by Gasteiger charge is 2.10. The Morgan fingerprint density at radius 2 is 1.95 bits per heavy atom. The third-order valence-corrected chi connectivity index (χ3v) is 2.67. The molecule has 1 aromatic rings. The number of aliphatic hydroxyl groups is 1. The third-order valence-electron chi connectivity index (χ3n) is 2.67. The number of aliphatic hydroxyl groups excluding tert-OH is 1. The molecule has 0 heterocycles.